The molecule has 1 saturated heterocycles. The summed E-state index contributed by atoms with van der Waals surface area (Å²) in [5, 5.41) is 4.74. The molecule has 1 heterocycles. The number of carbonyl (C=O) groups excluding carboxylic acids is 1. The van der Waals surface area contributed by atoms with Gasteiger partial charge < -0.3 is 10.2 Å². The Morgan fingerprint density at radius 3 is 2.36 bits per heavy atom. The first-order valence-electron chi connectivity index (χ1n) is 5.04. The van der Waals surface area contributed by atoms with Crippen LogP contribution in [0.5, 0.6) is 0 Å². The number of likely N-dealkylation sites (N-methyl/N-ethyl adjacent to an activating group) is 2. The van der Waals surface area contributed by atoms with Crippen molar-refractivity contribution >= 4 is 5.91 Å². The fourth-order valence-corrected chi connectivity index (χ4v) is 1.48. The molecule has 14 heavy (non-hydrogen) atoms. The summed E-state index contributed by atoms with van der Waals surface area (Å²) >= 11 is 0. The fourth-order valence-electron chi connectivity index (χ4n) is 1.48. The summed E-state index contributed by atoms with van der Waals surface area (Å²) in [4.78, 5) is 13.5. The minimum atomic E-state index is -0.150. The van der Waals surface area contributed by atoms with E-state index in [0.29, 0.717) is 0 Å². The van der Waals surface area contributed by atoms with Gasteiger partial charge >= 0.3 is 0 Å². The van der Waals surface area contributed by atoms with Gasteiger partial charge in [-0.3, -0.25) is 4.79 Å². The maximum Gasteiger partial charge on any atom is 0.237 e. The monoisotopic (exact) mass is 200 g/mol. The van der Waals surface area contributed by atoms with Gasteiger partial charge in [-0.1, -0.05) is 0 Å². The van der Waals surface area contributed by atoms with E-state index in [9.17, 15) is 4.79 Å². The molecule has 0 bridgehead atoms. The Balaban J connectivity index is 2.27. The highest BCUT2D eigenvalue weighted by Crippen LogP contribution is 1.96. The first-order valence-corrected chi connectivity index (χ1v) is 5.04. The first-order chi connectivity index (χ1) is 6.63. The second kappa shape index (κ2) is 5.29. The summed E-state index contributed by atoms with van der Waals surface area (Å²) in [6.07, 6.45) is 0. The molecule has 1 amide bonds. The van der Waals surface area contributed by atoms with Crippen LogP contribution < -0.4 is 10.7 Å². The highest BCUT2D eigenvalue weighted by molar-refractivity contribution is 5.80. The van der Waals surface area contributed by atoms with Crippen molar-refractivity contribution in [1.82, 2.24) is 20.7 Å². The summed E-state index contributed by atoms with van der Waals surface area (Å²) in [6.45, 7) is 5.91. The minimum Gasteiger partial charge on any atom is -0.358 e. The molecule has 0 saturated carbocycles. The highest BCUT2D eigenvalue weighted by Gasteiger charge is 2.18. The van der Waals surface area contributed by atoms with Gasteiger partial charge in [0.25, 0.3) is 0 Å². The molecule has 0 aromatic rings. The molecule has 0 aromatic heterocycles. The lowest BCUT2D eigenvalue weighted by Crippen LogP contribution is -2.56. The van der Waals surface area contributed by atoms with Crippen molar-refractivity contribution in [3.05, 3.63) is 0 Å². The van der Waals surface area contributed by atoms with Gasteiger partial charge in [0.1, 0.15) is 0 Å². The Hall–Kier alpha value is -0.650. The van der Waals surface area contributed by atoms with E-state index >= 15 is 0 Å². The first kappa shape index (κ1) is 11.4. The second-order valence-electron chi connectivity index (χ2n) is 3.76. The van der Waals surface area contributed by atoms with Crippen molar-refractivity contribution in [3.63, 3.8) is 0 Å². The van der Waals surface area contributed by atoms with Crippen LogP contribution in [0.1, 0.15) is 6.92 Å². The van der Waals surface area contributed by atoms with Crippen molar-refractivity contribution in [1.29, 1.82) is 0 Å². The lowest BCUT2D eigenvalue weighted by atomic mass is 10.3. The van der Waals surface area contributed by atoms with Crippen molar-refractivity contribution in [2.75, 3.05) is 40.3 Å². The van der Waals surface area contributed by atoms with E-state index in [1.54, 1.807) is 7.05 Å². The molecular formula is C9H20N4O. The van der Waals surface area contributed by atoms with Gasteiger partial charge in [0.2, 0.25) is 5.91 Å². The Morgan fingerprint density at radius 1 is 1.29 bits per heavy atom. The van der Waals surface area contributed by atoms with Crippen LogP contribution in [0, 0.1) is 0 Å². The van der Waals surface area contributed by atoms with Gasteiger partial charge in [-0.15, -0.1) is 0 Å². The predicted molar refractivity (Wildman–Crippen MR) is 55.7 cm³/mol. The van der Waals surface area contributed by atoms with E-state index < -0.39 is 0 Å². The Kier molecular flexibility index (Phi) is 4.31. The normalized spacial score (nSPS) is 21.9. The number of amides is 1. The average molecular weight is 200 g/mol. The lowest BCUT2D eigenvalue weighted by molar-refractivity contribution is -0.123. The zero-order chi connectivity index (χ0) is 10.6. The number of nitrogens with zero attached hydrogens (tertiary/aromatic N) is 2. The number of carbonyl (C=O) groups is 1. The summed E-state index contributed by atoms with van der Waals surface area (Å²) in [7, 11) is 3.77. The van der Waals surface area contributed by atoms with Crippen molar-refractivity contribution in [2.45, 2.75) is 13.0 Å². The van der Waals surface area contributed by atoms with Crippen LogP contribution in [0.4, 0.5) is 0 Å². The van der Waals surface area contributed by atoms with Crippen LogP contribution in [0.25, 0.3) is 0 Å². The molecule has 1 unspecified atom stereocenters. The molecule has 0 aliphatic carbocycles. The summed E-state index contributed by atoms with van der Waals surface area (Å²) in [6, 6.07) is -0.150. The van der Waals surface area contributed by atoms with Crippen LogP contribution in [-0.2, 0) is 4.79 Å². The molecule has 0 spiro atoms. The fraction of sp³-hybridized carbons (Fsp3) is 0.889. The molecular weight excluding hydrogens is 180 g/mol. The smallest absolute Gasteiger partial charge is 0.237 e. The minimum absolute atomic E-state index is 0.0314. The van der Waals surface area contributed by atoms with Crippen LogP contribution in [0.15, 0.2) is 0 Å². The second-order valence-corrected chi connectivity index (χ2v) is 3.76. The molecule has 1 atom stereocenters. The molecule has 1 aliphatic heterocycles. The van der Waals surface area contributed by atoms with E-state index in [1.165, 1.54) is 0 Å². The van der Waals surface area contributed by atoms with E-state index in [4.69, 9.17) is 0 Å². The third-order valence-electron chi connectivity index (χ3n) is 2.52. The Bertz CT molecular complexity index is 189. The van der Waals surface area contributed by atoms with Crippen molar-refractivity contribution < 1.29 is 4.79 Å². The van der Waals surface area contributed by atoms with Crippen LogP contribution in [-0.4, -0.2) is 62.1 Å². The van der Waals surface area contributed by atoms with E-state index in [0.717, 1.165) is 26.2 Å². The molecule has 5 heteroatoms. The van der Waals surface area contributed by atoms with E-state index in [2.05, 4.69) is 27.7 Å². The third-order valence-corrected chi connectivity index (χ3v) is 2.52. The number of rotatable bonds is 3. The molecule has 82 valence electrons. The maximum absolute atomic E-state index is 11.2. The Morgan fingerprint density at radius 2 is 1.86 bits per heavy atom. The highest BCUT2D eigenvalue weighted by atomic mass is 16.2. The Labute approximate surface area is 85.4 Å². The molecule has 1 rings (SSSR count). The van der Waals surface area contributed by atoms with Gasteiger partial charge in [-0.05, 0) is 14.0 Å². The summed E-state index contributed by atoms with van der Waals surface area (Å²) in [5.41, 5.74) is 3.18. The van der Waals surface area contributed by atoms with Crippen LogP contribution in [0.2, 0.25) is 0 Å². The molecule has 5 nitrogen and oxygen atoms in total. The van der Waals surface area contributed by atoms with Gasteiger partial charge in [0, 0.05) is 33.2 Å². The van der Waals surface area contributed by atoms with Gasteiger partial charge in [0.15, 0.2) is 0 Å². The van der Waals surface area contributed by atoms with Crippen LogP contribution >= 0.6 is 0 Å². The number of piperazine rings is 1. The largest absolute Gasteiger partial charge is 0.358 e. The topological polar surface area (TPSA) is 47.6 Å². The van der Waals surface area contributed by atoms with Crippen molar-refractivity contribution in [2.24, 2.45) is 0 Å². The van der Waals surface area contributed by atoms with E-state index in [1.807, 2.05) is 6.92 Å². The third kappa shape index (κ3) is 3.25. The lowest BCUT2D eigenvalue weighted by Gasteiger charge is -2.34. The molecule has 1 aliphatic rings. The molecule has 0 aromatic carbocycles. The van der Waals surface area contributed by atoms with Gasteiger partial charge in [-0.25, -0.2) is 10.4 Å². The van der Waals surface area contributed by atoms with E-state index in [-0.39, 0.29) is 11.9 Å². The average Bonchev–Trinajstić information content (AvgIpc) is 2.20. The van der Waals surface area contributed by atoms with Gasteiger partial charge in [-0.2, -0.15) is 0 Å². The quantitative estimate of drug-likeness (QED) is 0.605. The SMILES string of the molecule is CNC(=O)C(C)NN1CCN(C)CC1. The number of hydrogen-bond donors (Lipinski definition) is 2. The molecule has 2 N–H and O–H groups in total. The number of hydrogen-bond acceptors (Lipinski definition) is 4. The number of hydrazine groups is 1. The van der Waals surface area contributed by atoms with Crippen LogP contribution in [0.3, 0.4) is 0 Å². The molecule has 1 fully saturated rings. The van der Waals surface area contributed by atoms with Crippen molar-refractivity contribution in [3.8, 4) is 0 Å². The molecule has 0 radical (unpaired) electrons. The standard InChI is InChI=1S/C9H20N4O/c1-8(9(14)10-2)11-13-6-4-12(3)5-7-13/h8,11H,4-7H2,1-3H3,(H,10,14). The zero-order valence-electron chi connectivity index (χ0n) is 9.21. The summed E-state index contributed by atoms with van der Waals surface area (Å²) in [5.74, 6) is 0.0314. The van der Waals surface area contributed by atoms with Gasteiger partial charge in [0.05, 0.1) is 6.04 Å². The predicted octanol–water partition coefficient (Wildman–Crippen LogP) is -1.13. The maximum atomic E-state index is 11.2. The number of nitrogens with one attached hydrogen (secondary N) is 2. The zero-order valence-corrected chi connectivity index (χ0v) is 9.21. The summed E-state index contributed by atoms with van der Waals surface area (Å²) < 4.78 is 0.